The first-order valence-electron chi connectivity index (χ1n) is 11.3. The summed E-state index contributed by atoms with van der Waals surface area (Å²) in [5.74, 6) is 3.87. The molecule has 1 aliphatic carbocycles. The lowest BCUT2D eigenvalue weighted by atomic mass is 9.79. The Morgan fingerprint density at radius 3 is 2.88 bits per heavy atom. The number of hydrogen-bond donors (Lipinski definition) is 1. The summed E-state index contributed by atoms with van der Waals surface area (Å²) in [7, 11) is 0. The molecular weight excluding hydrogens is 440 g/mol. The van der Waals surface area contributed by atoms with Crippen LogP contribution >= 0.6 is 11.8 Å². The number of anilines is 1. The van der Waals surface area contributed by atoms with Crippen LogP contribution in [0.1, 0.15) is 49.5 Å². The summed E-state index contributed by atoms with van der Waals surface area (Å²) >= 11 is 1.58. The lowest BCUT2D eigenvalue weighted by Gasteiger charge is -2.34. The van der Waals surface area contributed by atoms with Gasteiger partial charge in [-0.2, -0.15) is 4.98 Å². The smallest absolute Gasteiger partial charge is 0.227 e. The number of thioether (sulfide) groups is 1. The SMILES string of the molecule is CCSc1nc2n(n1)C(c1ccc3c(c1)OCCCO3)C1=C(CC(c3ccco3)CC1=O)N2. The van der Waals surface area contributed by atoms with Gasteiger partial charge in [-0.1, -0.05) is 24.8 Å². The molecule has 0 amide bonds. The van der Waals surface area contributed by atoms with Gasteiger partial charge in [-0.3, -0.25) is 4.79 Å². The molecular formula is C24H24N4O4S. The predicted molar refractivity (Wildman–Crippen MR) is 123 cm³/mol. The average molecular weight is 465 g/mol. The minimum absolute atomic E-state index is 0.00198. The van der Waals surface area contributed by atoms with Crippen molar-refractivity contribution < 1.29 is 18.7 Å². The number of aromatic nitrogens is 3. The predicted octanol–water partition coefficient (Wildman–Crippen LogP) is 4.56. The number of benzene rings is 1. The fraction of sp³-hybridized carbons (Fsp3) is 0.375. The quantitative estimate of drug-likeness (QED) is 0.562. The van der Waals surface area contributed by atoms with Crippen LogP contribution in [0.15, 0.2) is 57.4 Å². The zero-order chi connectivity index (χ0) is 22.4. The summed E-state index contributed by atoms with van der Waals surface area (Å²) in [4.78, 5) is 18.2. The van der Waals surface area contributed by atoms with Crippen LogP contribution in [-0.4, -0.2) is 39.5 Å². The number of ketones is 1. The van der Waals surface area contributed by atoms with E-state index >= 15 is 0 Å². The molecule has 2 unspecified atom stereocenters. The van der Waals surface area contributed by atoms with Gasteiger partial charge in [0, 0.05) is 30.0 Å². The Morgan fingerprint density at radius 1 is 1.18 bits per heavy atom. The second-order valence-electron chi connectivity index (χ2n) is 8.32. The van der Waals surface area contributed by atoms with E-state index in [9.17, 15) is 4.79 Å². The summed E-state index contributed by atoms with van der Waals surface area (Å²) < 4.78 is 19.2. The van der Waals surface area contributed by atoms with Gasteiger partial charge in [-0.05, 0) is 42.0 Å². The summed E-state index contributed by atoms with van der Waals surface area (Å²) in [6, 6.07) is 9.33. The highest BCUT2D eigenvalue weighted by atomic mass is 32.2. The van der Waals surface area contributed by atoms with Crippen molar-refractivity contribution >= 4 is 23.5 Å². The maximum atomic E-state index is 13.5. The third-order valence-electron chi connectivity index (χ3n) is 6.21. The van der Waals surface area contributed by atoms with Crippen LogP contribution in [0.3, 0.4) is 0 Å². The molecule has 170 valence electrons. The highest BCUT2D eigenvalue weighted by Gasteiger charge is 2.40. The molecule has 2 atom stereocenters. The van der Waals surface area contributed by atoms with E-state index in [2.05, 4.69) is 12.2 Å². The van der Waals surface area contributed by atoms with Crippen molar-refractivity contribution in [2.75, 3.05) is 24.3 Å². The Kier molecular flexibility index (Phi) is 5.13. The molecule has 9 heteroatoms. The van der Waals surface area contributed by atoms with Crippen molar-refractivity contribution in [1.29, 1.82) is 0 Å². The summed E-state index contributed by atoms with van der Waals surface area (Å²) in [6.07, 6.45) is 3.57. The van der Waals surface area contributed by atoms with Crippen molar-refractivity contribution in [2.45, 2.75) is 43.3 Å². The summed E-state index contributed by atoms with van der Waals surface area (Å²) in [5.41, 5.74) is 2.55. The van der Waals surface area contributed by atoms with E-state index in [1.54, 1.807) is 18.0 Å². The third kappa shape index (κ3) is 3.60. The molecule has 33 heavy (non-hydrogen) atoms. The van der Waals surface area contributed by atoms with Crippen LogP contribution in [-0.2, 0) is 4.79 Å². The van der Waals surface area contributed by atoms with Gasteiger partial charge in [0.05, 0.1) is 19.5 Å². The number of carbonyl (C=O) groups excluding carboxylic acids is 1. The topological polar surface area (TPSA) is 91.4 Å². The number of fused-ring (bicyclic) bond motifs is 2. The van der Waals surface area contributed by atoms with Crippen LogP contribution in [0.2, 0.25) is 0 Å². The number of rotatable bonds is 4. The van der Waals surface area contributed by atoms with E-state index in [0.717, 1.165) is 40.5 Å². The van der Waals surface area contributed by atoms with Crippen molar-refractivity contribution in [3.8, 4) is 11.5 Å². The number of ether oxygens (including phenoxy) is 2. The van der Waals surface area contributed by atoms with Gasteiger partial charge in [-0.15, -0.1) is 5.10 Å². The van der Waals surface area contributed by atoms with Crippen LogP contribution < -0.4 is 14.8 Å². The molecule has 3 aliphatic rings. The van der Waals surface area contributed by atoms with E-state index < -0.39 is 0 Å². The Labute approximate surface area is 195 Å². The minimum atomic E-state index is -0.378. The van der Waals surface area contributed by atoms with E-state index in [4.69, 9.17) is 24.0 Å². The third-order valence-corrected chi connectivity index (χ3v) is 6.93. The standard InChI is InChI=1S/C24H24N4O4S/c1-2-33-24-26-23-25-16-11-15(18-5-3-8-30-18)12-17(29)21(16)22(28(23)27-24)14-6-7-19-20(13-14)32-10-4-9-31-19/h3,5-8,13,15,22H,2,4,9-12H2,1H3,(H,25,26,27). The number of hydrogen-bond acceptors (Lipinski definition) is 8. The lowest BCUT2D eigenvalue weighted by Crippen LogP contribution is -2.33. The van der Waals surface area contributed by atoms with E-state index in [1.807, 2.05) is 35.0 Å². The van der Waals surface area contributed by atoms with Crippen molar-refractivity contribution in [3.63, 3.8) is 0 Å². The summed E-state index contributed by atoms with van der Waals surface area (Å²) in [5, 5.41) is 8.85. The largest absolute Gasteiger partial charge is 0.490 e. The molecule has 2 aliphatic heterocycles. The van der Waals surface area contributed by atoms with Crippen molar-refractivity contribution in [1.82, 2.24) is 14.8 Å². The molecule has 4 heterocycles. The molecule has 2 aromatic heterocycles. The van der Waals surface area contributed by atoms with Crippen LogP contribution in [0.5, 0.6) is 11.5 Å². The molecule has 0 fully saturated rings. The molecule has 1 N–H and O–H groups in total. The summed E-state index contributed by atoms with van der Waals surface area (Å²) in [6.45, 7) is 3.30. The highest BCUT2D eigenvalue weighted by Crippen LogP contribution is 2.45. The maximum Gasteiger partial charge on any atom is 0.227 e. The van der Waals surface area contributed by atoms with E-state index in [0.29, 0.717) is 42.9 Å². The molecule has 0 radical (unpaired) electrons. The zero-order valence-electron chi connectivity index (χ0n) is 18.2. The molecule has 3 aromatic rings. The Hall–Kier alpha value is -3.20. The number of nitrogens with zero attached hydrogens (tertiary/aromatic N) is 3. The van der Waals surface area contributed by atoms with E-state index in [-0.39, 0.29) is 17.7 Å². The fourth-order valence-electron chi connectivity index (χ4n) is 4.77. The molecule has 1 aromatic carbocycles. The molecule has 0 saturated heterocycles. The monoisotopic (exact) mass is 464 g/mol. The Bertz CT molecular complexity index is 1230. The second kappa shape index (κ2) is 8.30. The van der Waals surface area contributed by atoms with Crippen LogP contribution in [0, 0.1) is 0 Å². The van der Waals surface area contributed by atoms with Gasteiger partial charge in [-0.25, -0.2) is 4.68 Å². The molecule has 6 rings (SSSR count). The van der Waals surface area contributed by atoms with Crippen molar-refractivity contribution in [3.05, 3.63) is 59.2 Å². The molecule has 0 bridgehead atoms. The highest BCUT2D eigenvalue weighted by molar-refractivity contribution is 7.99. The van der Waals surface area contributed by atoms with Gasteiger partial charge in [0.25, 0.3) is 0 Å². The second-order valence-corrected chi connectivity index (χ2v) is 9.55. The fourth-order valence-corrected chi connectivity index (χ4v) is 5.32. The minimum Gasteiger partial charge on any atom is -0.490 e. The number of carbonyl (C=O) groups is 1. The van der Waals surface area contributed by atoms with Gasteiger partial charge in [0.1, 0.15) is 11.8 Å². The van der Waals surface area contributed by atoms with E-state index in [1.165, 1.54) is 0 Å². The zero-order valence-corrected chi connectivity index (χ0v) is 19.1. The number of Topliss-reactive ketones (excluding diaryl/α,β-unsaturated/α-hetero) is 1. The molecule has 8 nitrogen and oxygen atoms in total. The Balaban J connectivity index is 1.46. The molecule has 0 saturated carbocycles. The van der Waals surface area contributed by atoms with Crippen molar-refractivity contribution in [2.24, 2.45) is 0 Å². The van der Waals surface area contributed by atoms with Gasteiger partial charge < -0.3 is 19.2 Å². The number of furan rings is 1. The Morgan fingerprint density at radius 2 is 2.06 bits per heavy atom. The first-order chi connectivity index (χ1) is 16.2. The average Bonchev–Trinajstić information content (AvgIpc) is 3.42. The number of allylic oxidation sites excluding steroid dienone is 2. The number of nitrogens with one attached hydrogen (secondary N) is 1. The van der Waals surface area contributed by atoms with Gasteiger partial charge >= 0.3 is 0 Å². The lowest BCUT2D eigenvalue weighted by molar-refractivity contribution is -0.117. The maximum absolute atomic E-state index is 13.5. The first kappa shape index (κ1) is 20.4. The first-order valence-corrected chi connectivity index (χ1v) is 12.3. The van der Waals surface area contributed by atoms with Gasteiger partial charge in [0.2, 0.25) is 11.1 Å². The van der Waals surface area contributed by atoms with Crippen LogP contribution in [0.4, 0.5) is 5.95 Å². The molecule has 0 spiro atoms. The van der Waals surface area contributed by atoms with Crippen LogP contribution in [0.25, 0.3) is 0 Å². The van der Waals surface area contributed by atoms with Gasteiger partial charge in [0.15, 0.2) is 17.3 Å². The normalized spacial score (nSPS) is 21.8.